The molecule has 0 atom stereocenters. The Hall–Kier alpha value is -1.94. The maximum absolute atomic E-state index is 12.9. The highest BCUT2D eigenvalue weighted by atomic mass is 35.5. The number of thiophene rings is 1. The van der Waals surface area contributed by atoms with Gasteiger partial charge < -0.3 is 9.47 Å². The van der Waals surface area contributed by atoms with Gasteiger partial charge in [-0.3, -0.25) is 0 Å². The topological polar surface area (TPSA) is 59.7 Å². The lowest BCUT2D eigenvalue weighted by Crippen LogP contribution is -2.36. The van der Waals surface area contributed by atoms with E-state index in [9.17, 15) is 13.2 Å². The van der Waals surface area contributed by atoms with Crippen molar-refractivity contribution in [2.24, 2.45) is 0 Å². The highest BCUT2D eigenvalue weighted by Crippen LogP contribution is 2.34. The Balaban J connectivity index is 1.74. The van der Waals surface area contributed by atoms with Crippen molar-refractivity contribution < 1.29 is 13.2 Å². The van der Waals surface area contributed by atoms with Crippen molar-refractivity contribution >= 4 is 39.0 Å². The van der Waals surface area contributed by atoms with Crippen LogP contribution in [0.25, 0.3) is 10.2 Å². The first-order valence-electron chi connectivity index (χ1n) is 7.01. The van der Waals surface area contributed by atoms with E-state index in [1.807, 2.05) is 17.9 Å². The van der Waals surface area contributed by atoms with E-state index in [1.54, 1.807) is 0 Å². The summed E-state index contributed by atoms with van der Waals surface area (Å²) in [6, 6.07) is 1.95. The van der Waals surface area contributed by atoms with Crippen molar-refractivity contribution in [1.29, 1.82) is 0 Å². The highest BCUT2D eigenvalue weighted by molar-refractivity contribution is 7.18. The summed E-state index contributed by atoms with van der Waals surface area (Å²) in [5, 5.41) is 7.92. The lowest BCUT2D eigenvalue weighted by molar-refractivity contribution is -0.147. The Morgan fingerprint density at radius 2 is 2.00 bits per heavy atom. The first-order valence-corrected chi connectivity index (χ1v) is 8.20. The Bertz CT molecular complexity index is 934. The summed E-state index contributed by atoms with van der Waals surface area (Å²) in [7, 11) is 0. The van der Waals surface area contributed by atoms with Gasteiger partial charge in [-0.1, -0.05) is 0 Å². The second kappa shape index (κ2) is 5.28. The van der Waals surface area contributed by atoms with Gasteiger partial charge in [0.1, 0.15) is 10.6 Å². The van der Waals surface area contributed by atoms with E-state index < -0.39 is 12.0 Å². The molecule has 0 saturated heterocycles. The van der Waals surface area contributed by atoms with Crippen molar-refractivity contribution in [2.45, 2.75) is 26.2 Å². The molecule has 0 bridgehead atoms. The van der Waals surface area contributed by atoms with Crippen LogP contribution in [0, 0.1) is 6.92 Å². The molecule has 0 amide bonds. The highest BCUT2D eigenvalue weighted by Gasteiger charge is 2.39. The van der Waals surface area contributed by atoms with Gasteiger partial charge in [-0.15, -0.1) is 21.5 Å². The molecule has 1 aliphatic heterocycles. The van der Waals surface area contributed by atoms with E-state index in [4.69, 9.17) is 11.6 Å². The molecule has 0 radical (unpaired) electrons. The van der Waals surface area contributed by atoms with Gasteiger partial charge in [0.25, 0.3) is 0 Å². The molecule has 0 fully saturated rings. The number of aryl methyl sites for hydroxylation is 1. The summed E-state index contributed by atoms with van der Waals surface area (Å²) in [6.07, 6.45) is -4.51. The molecule has 0 unspecified atom stereocenters. The van der Waals surface area contributed by atoms with Crippen LogP contribution in [-0.2, 0) is 19.3 Å². The number of aromatic nitrogens is 5. The third-order valence-electron chi connectivity index (χ3n) is 3.77. The largest absolute Gasteiger partial charge is 0.451 e. The van der Waals surface area contributed by atoms with E-state index in [2.05, 4.69) is 20.2 Å². The number of fused-ring (bicyclic) bond motifs is 2. The zero-order valence-corrected chi connectivity index (χ0v) is 13.9. The monoisotopic (exact) mass is 374 g/mol. The molecule has 3 aromatic rings. The number of hydrogen-bond acceptors (Lipinski definition) is 6. The SMILES string of the molecule is Cc1cc2c(N3CCn4c(nnc4C(F)(F)F)C3)nc(Cl)nc2s1. The summed E-state index contributed by atoms with van der Waals surface area (Å²) >= 11 is 7.49. The fourth-order valence-electron chi connectivity index (χ4n) is 2.79. The molecule has 0 N–H and O–H groups in total. The van der Waals surface area contributed by atoms with E-state index in [1.165, 1.54) is 11.3 Å². The number of anilines is 1. The predicted molar refractivity (Wildman–Crippen MR) is 83.2 cm³/mol. The molecule has 4 heterocycles. The molecule has 24 heavy (non-hydrogen) atoms. The summed E-state index contributed by atoms with van der Waals surface area (Å²) in [5.74, 6) is -0.102. The Kier molecular flexibility index (Phi) is 3.43. The van der Waals surface area contributed by atoms with Crippen molar-refractivity contribution in [2.75, 3.05) is 11.4 Å². The Labute approximate surface area is 142 Å². The second-order valence-corrected chi connectivity index (χ2v) is 6.98. The van der Waals surface area contributed by atoms with Crippen LogP contribution in [0.3, 0.4) is 0 Å². The van der Waals surface area contributed by atoms with Gasteiger partial charge >= 0.3 is 6.18 Å². The molecule has 0 spiro atoms. The minimum absolute atomic E-state index is 0.113. The molecule has 0 saturated carbocycles. The van der Waals surface area contributed by atoms with E-state index in [-0.39, 0.29) is 24.2 Å². The summed E-state index contributed by atoms with van der Waals surface area (Å²) in [5.41, 5.74) is 0. The van der Waals surface area contributed by atoms with Gasteiger partial charge in [0, 0.05) is 18.0 Å². The zero-order valence-electron chi connectivity index (χ0n) is 12.3. The number of rotatable bonds is 1. The van der Waals surface area contributed by atoms with Gasteiger partial charge in [0.2, 0.25) is 11.1 Å². The van der Waals surface area contributed by atoms with Crippen molar-refractivity contribution in [1.82, 2.24) is 24.7 Å². The average Bonchev–Trinajstić information content (AvgIpc) is 3.07. The first kappa shape index (κ1) is 15.6. The maximum atomic E-state index is 12.9. The Morgan fingerprint density at radius 3 is 2.75 bits per heavy atom. The minimum Gasteiger partial charge on any atom is -0.347 e. The second-order valence-electron chi connectivity index (χ2n) is 5.40. The lowest BCUT2D eigenvalue weighted by Gasteiger charge is -2.29. The fourth-order valence-corrected chi connectivity index (χ4v) is 3.88. The first-order chi connectivity index (χ1) is 11.3. The van der Waals surface area contributed by atoms with Gasteiger partial charge in [-0.05, 0) is 24.6 Å². The predicted octanol–water partition coefficient (Wildman–Crippen LogP) is 3.28. The summed E-state index contributed by atoms with van der Waals surface area (Å²) < 4.78 is 39.9. The standard InChI is InChI=1S/C13H10ClF3N6S/c1-6-4-7-9(18-12(14)19-10(7)24-6)22-2-3-23-8(5-22)20-21-11(23)13(15,16)17/h4H,2-3,5H2,1H3. The van der Waals surface area contributed by atoms with Crippen LogP contribution in [0.1, 0.15) is 16.5 Å². The van der Waals surface area contributed by atoms with Crippen molar-refractivity contribution in [3.8, 4) is 0 Å². The summed E-state index contributed by atoms with van der Waals surface area (Å²) in [6.45, 7) is 2.61. The lowest BCUT2D eigenvalue weighted by atomic mass is 10.3. The maximum Gasteiger partial charge on any atom is 0.451 e. The molecule has 1 aliphatic rings. The molecule has 126 valence electrons. The van der Waals surface area contributed by atoms with Crippen LogP contribution in [0.2, 0.25) is 5.28 Å². The van der Waals surface area contributed by atoms with Gasteiger partial charge in [-0.2, -0.15) is 18.2 Å². The van der Waals surface area contributed by atoms with Crippen molar-refractivity contribution in [3.63, 3.8) is 0 Å². The molecule has 0 aromatic carbocycles. The number of hydrogen-bond donors (Lipinski definition) is 0. The third kappa shape index (κ3) is 2.49. The third-order valence-corrected chi connectivity index (χ3v) is 4.89. The Morgan fingerprint density at radius 1 is 1.21 bits per heavy atom. The van der Waals surface area contributed by atoms with Gasteiger partial charge in [0.05, 0.1) is 11.9 Å². The van der Waals surface area contributed by atoms with Crippen LogP contribution in [0.4, 0.5) is 19.0 Å². The van der Waals surface area contributed by atoms with Crippen LogP contribution in [0.5, 0.6) is 0 Å². The molecule has 11 heteroatoms. The number of nitrogens with zero attached hydrogens (tertiary/aromatic N) is 6. The smallest absolute Gasteiger partial charge is 0.347 e. The molecule has 3 aromatic heterocycles. The van der Waals surface area contributed by atoms with Crippen LogP contribution in [-0.4, -0.2) is 31.3 Å². The molecule has 6 nitrogen and oxygen atoms in total. The van der Waals surface area contributed by atoms with Crippen LogP contribution >= 0.6 is 22.9 Å². The normalized spacial score (nSPS) is 15.1. The number of halogens is 4. The van der Waals surface area contributed by atoms with E-state index in [0.29, 0.717) is 12.4 Å². The van der Waals surface area contributed by atoms with E-state index >= 15 is 0 Å². The van der Waals surface area contributed by atoms with Crippen LogP contribution in [0.15, 0.2) is 6.07 Å². The number of alkyl halides is 3. The minimum atomic E-state index is -4.51. The molecule has 0 aliphatic carbocycles. The van der Waals surface area contributed by atoms with Gasteiger partial charge in [-0.25, -0.2) is 4.98 Å². The zero-order chi connectivity index (χ0) is 17.1. The quantitative estimate of drug-likeness (QED) is 0.612. The molecule has 4 rings (SSSR count). The fraction of sp³-hybridized carbons (Fsp3) is 0.385. The van der Waals surface area contributed by atoms with Crippen molar-refractivity contribution in [3.05, 3.63) is 27.9 Å². The molecular weight excluding hydrogens is 365 g/mol. The van der Waals surface area contributed by atoms with Gasteiger partial charge in [0.15, 0.2) is 5.82 Å². The van der Waals surface area contributed by atoms with E-state index in [0.717, 1.165) is 19.7 Å². The summed E-state index contributed by atoms with van der Waals surface area (Å²) in [4.78, 5) is 12.1. The average molecular weight is 375 g/mol. The van der Waals surface area contributed by atoms with Crippen LogP contribution < -0.4 is 4.90 Å². The molecular formula is C13H10ClF3N6S.